The Morgan fingerprint density at radius 1 is 1.42 bits per heavy atom. The number of likely N-dealkylation sites (tertiary alicyclic amines) is 1. The Labute approximate surface area is 141 Å². The van der Waals surface area contributed by atoms with Crippen molar-refractivity contribution in [3.8, 4) is 0 Å². The summed E-state index contributed by atoms with van der Waals surface area (Å²) in [5, 5.41) is 11.9. The van der Waals surface area contributed by atoms with Crippen molar-refractivity contribution in [3.63, 3.8) is 0 Å². The summed E-state index contributed by atoms with van der Waals surface area (Å²) in [6.07, 6.45) is 2.00. The van der Waals surface area contributed by atoms with Gasteiger partial charge in [0.2, 0.25) is 0 Å². The van der Waals surface area contributed by atoms with Crippen molar-refractivity contribution in [1.82, 2.24) is 10.2 Å². The number of piperidine rings is 1. The smallest absolute Gasteiger partial charge is 0.317 e. The Bertz CT molecular complexity index is 582. The van der Waals surface area contributed by atoms with Gasteiger partial charge in [-0.1, -0.05) is 12.1 Å². The summed E-state index contributed by atoms with van der Waals surface area (Å²) in [7, 11) is 1.81. The predicted molar refractivity (Wildman–Crippen MR) is 89.6 cm³/mol. The number of carboxylic acids is 1. The third-order valence-electron chi connectivity index (χ3n) is 4.27. The number of rotatable bonds is 6. The molecule has 0 saturated carbocycles. The van der Waals surface area contributed by atoms with Crippen LogP contribution in [0.3, 0.4) is 0 Å². The third-order valence-corrected chi connectivity index (χ3v) is 4.27. The molecule has 1 saturated heterocycles. The summed E-state index contributed by atoms with van der Waals surface area (Å²) < 4.78 is 13.7. The van der Waals surface area contributed by atoms with Crippen molar-refractivity contribution in [2.75, 3.05) is 38.1 Å². The zero-order chi connectivity index (χ0) is 17.5. The van der Waals surface area contributed by atoms with Crippen molar-refractivity contribution in [3.05, 3.63) is 30.1 Å². The number of amides is 2. The highest BCUT2D eigenvalue weighted by Gasteiger charge is 2.27. The fourth-order valence-corrected chi connectivity index (χ4v) is 2.87. The van der Waals surface area contributed by atoms with Crippen LogP contribution in [0.25, 0.3) is 0 Å². The Balaban J connectivity index is 1.71. The highest BCUT2D eigenvalue weighted by atomic mass is 19.1. The molecule has 1 aliphatic heterocycles. The number of aliphatic carboxylic acids is 1. The van der Waals surface area contributed by atoms with Crippen LogP contribution in [0.1, 0.15) is 19.3 Å². The van der Waals surface area contributed by atoms with Gasteiger partial charge in [-0.3, -0.25) is 4.79 Å². The molecule has 0 aliphatic carbocycles. The van der Waals surface area contributed by atoms with E-state index in [4.69, 9.17) is 5.11 Å². The fourth-order valence-electron chi connectivity index (χ4n) is 2.87. The lowest BCUT2D eigenvalue weighted by atomic mass is 9.99. The molecular weight excluding hydrogens is 313 g/mol. The van der Waals surface area contributed by atoms with E-state index in [1.165, 1.54) is 6.07 Å². The van der Waals surface area contributed by atoms with Crippen LogP contribution in [0.4, 0.5) is 14.9 Å². The number of carbonyl (C=O) groups is 2. The SMILES string of the molecule is CN(CCCNC(=O)N1CCCC(C(=O)O)C1)c1ccccc1F. The Hall–Kier alpha value is -2.31. The number of hydrogen-bond donors (Lipinski definition) is 2. The topological polar surface area (TPSA) is 72.9 Å². The van der Waals surface area contributed by atoms with Crippen LogP contribution < -0.4 is 10.2 Å². The molecule has 0 aromatic heterocycles. The molecule has 1 unspecified atom stereocenters. The number of anilines is 1. The molecule has 7 heteroatoms. The number of para-hydroxylation sites is 1. The minimum absolute atomic E-state index is 0.227. The molecular formula is C17H24FN3O3. The van der Waals surface area contributed by atoms with Gasteiger partial charge in [0.25, 0.3) is 0 Å². The Morgan fingerprint density at radius 2 is 2.17 bits per heavy atom. The van der Waals surface area contributed by atoms with E-state index >= 15 is 0 Å². The highest BCUT2D eigenvalue weighted by molar-refractivity contribution is 5.76. The number of hydrogen-bond acceptors (Lipinski definition) is 3. The van der Waals surface area contributed by atoms with Gasteiger partial charge in [0.15, 0.2) is 0 Å². The predicted octanol–water partition coefficient (Wildman–Crippen LogP) is 2.16. The summed E-state index contributed by atoms with van der Waals surface area (Å²) in [6, 6.07) is 6.34. The number of carbonyl (C=O) groups excluding carboxylic acids is 1. The van der Waals surface area contributed by atoms with Crippen molar-refractivity contribution in [1.29, 1.82) is 0 Å². The lowest BCUT2D eigenvalue weighted by Gasteiger charge is -2.30. The quantitative estimate of drug-likeness (QED) is 0.780. The first-order valence-electron chi connectivity index (χ1n) is 8.20. The van der Waals surface area contributed by atoms with Gasteiger partial charge in [0, 0.05) is 33.2 Å². The van der Waals surface area contributed by atoms with Gasteiger partial charge in [-0.05, 0) is 31.4 Å². The zero-order valence-electron chi connectivity index (χ0n) is 13.9. The second-order valence-electron chi connectivity index (χ2n) is 6.08. The van der Waals surface area contributed by atoms with Gasteiger partial charge < -0.3 is 20.2 Å². The van der Waals surface area contributed by atoms with Gasteiger partial charge in [-0.15, -0.1) is 0 Å². The molecule has 2 rings (SSSR count). The van der Waals surface area contributed by atoms with E-state index in [1.807, 2.05) is 11.9 Å². The van der Waals surface area contributed by atoms with Gasteiger partial charge in [0.05, 0.1) is 11.6 Å². The summed E-state index contributed by atoms with van der Waals surface area (Å²) in [5.74, 6) is -1.59. The zero-order valence-corrected chi connectivity index (χ0v) is 13.9. The number of carboxylic acid groups (broad SMARTS) is 1. The van der Waals surface area contributed by atoms with Crippen LogP contribution in [0.15, 0.2) is 24.3 Å². The lowest BCUT2D eigenvalue weighted by molar-refractivity contribution is -0.143. The molecule has 0 spiro atoms. The molecule has 1 fully saturated rings. The molecule has 132 valence electrons. The molecule has 1 aromatic carbocycles. The van der Waals surface area contributed by atoms with Gasteiger partial charge in [0.1, 0.15) is 5.82 Å². The standard InChI is InChI=1S/C17H24FN3O3/c1-20(15-8-3-2-7-14(15)18)10-5-9-19-17(24)21-11-4-6-13(12-21)16(22)23/h2-3,7-8,13H,4-6,9-12H2,1H3,(H,19,24)(H,22,23). The highest BCUT2D eigenvalue weighted by Crippen LogP contribution is 2.17. The van der Waals surface area contributed by atoms with E-state index in [1.54, 1.807) is 23.1 Å². The second-order valence-corrected chi connectivity index (χ2v) is 6.08. The number of halogens is 1. The van der Waals surface area contributed by atoms with Crippen LogP contribution in [0, 0.1) is 11.7 Å². The largest absolute Gasteiger partial charge is 0.481 e. The van der Waals surface area contributed by atoms with Crippen LogP contribution in [0.5, 0.6) is 0 Å². The van der Waals surface area contributed by atoms with Crippen molar-refractivity contribution in [2.24, 2.45) is 5.92 Å². The van der Waals surface area contributed by atoms with E-state index < -0.39 is 11.9 Å². The second kappa shape index (κ2) is 8.52. The molecule has 2 N–H and O–H groups in total. The Kier molecular flexibility index (Phi) is 6.40. The van der Waals surface area contributed by atoms with E-state index in [9.17, 15) is 14.0 Å². The summed E-state index contributed by atoms with van der Waals surface area (Å²) in [4.78, 5) is 26.5. The molecule has 2 amide bonds. The maximum atomic E-state index is 13.7. The fraction of sp³-hybridized carbons (Fsp3) is 0.529. The van der Waals surface area contributed by atoms with Crippen molar-refractivity contribution in [2.45, 2.75) is 19.3 Å². The normalized spacial score (nSPS) is 17.4. The van der Waals surface area contributed by atoms with Crippen molar-refractivity contribution < 1.29 is 19.1 Å². The molecule has 0 radical (unpaired) electrons. The van der Waals surface area contributed by atoms with E-state index in [-0.39, 0.29) is 18.4 Å². The van der Waals surface area contributed by atoms with E-state index in [0.717, 1.165) is 0 Å². The van der Waals surface area contributed by atoms with Crippen LogP contribution in [0.2, 0.25) is 0 Å². The van der Waals surface area contributed by atoms with E-state index in [2.05, 4.69) is 5.32 Å². The first-order chi connectivity index (χ1) is 11.5. The number of nitrogens with zero attached hydrogens (tertiary/aromatic N) is 2. The minimum Gasteiger partial charge on any atom is -0.481 e. The molecule has 24 heavy (non-hydrogen) atoms. The molecule has 6 nitrogen and oxygen atoms in total. The van der Waals surface area contributed by atoms with Gasteiger partial charge in [-0.25, -0.2) is 9.18 Å². The van der Waals surface area contributed by atoms with Gasteiger partial charge in [-0.2, -0.15) is 0 Å². The van der Waals surface area contributed by atoms with Gasteiger partial charge >= 0.3 is 12.0 Å². The van der Waals surface area contributed by atoms with Crippen LogP contribution in [-0.4, -0.2) is 55.2 Å². The number of benzene rings is 1. The van der Waals surface area contributed by atoms with Crippen LogP contribution >= 0.6 is 0 Å². The maximum Gasteiger partial charge on any atom is 0.317 e. The molecule has 0 bridgehead atoms. The average Bonchev–Trinajstić information content (AvgIpc) is 2.58. The average molecular weight is 337 g/mol. The Morgan fingerprint density at radius 3 is 2.88 bits per heavy atom. The van der Waals surface area contributed by atoms with E-state index in [0.29, 0.717) is 44.6 Å². The summed E-state index contributed by atoms with van der Waals surface area (Å²) >= 11 is 0. The first-order valence-corrected chi connectivity index (χ1v) is 8.20. The number of urea groups is 1. The maximum absolute atomic E-state index is 13.7. The van der Waals surface area contributed by atoms with Crippen molar-refractivity contribution >= 4 is 17.7 Å². The molecule has 1 aromatic rings. The number of nitrogens with one attached hydrogen (secondary N) is 1. The third kappa shape index (κ3) is 4.84. The lowest BCUT2D eigenvalue weighted by Crippen LogP contribution is -2.47. The summed E-state index contributed by atoms with van der Waals surface area (Å²) in [6.45, 7) is 1.92. The molecule has 1 aliphatic rings. The monoisotopic (exact) mass is 337 g/mol. The minimum atomic E-state index is -0.848. The molecule has 1 atom stereocenters. The van der Waals surface area contributed by atoms with Crippen LogP contribution in [-0.2, 0) is 4.79 Å². The molecule has 1 heterocycles. The first kappa shape index (κ1) is 18.0. The summed E-state index contributed by atoms with van der Waals surface area (Å²) in [5.41, 5.74) is 0.532.